The van der Waals surface area contributed by atoms with E-state index in [0.717, 1.165) is 6.42 Å². The zero-order valence-electron chi connectivity index (χ0n) is 13.9. The van der Waals surface area contributed by atoms with Crippen molar-refractivity contribution in [3.05, 3.63) is 22.2 Å². The number of benzene rings is 1. The molecule has 5 atom stereocenters. The monoisotopic (exact) mass is 389 g/mol. The molecule has 0 radical (unpaired) electrons. The highest BCUT2D eigenvalue weighted by atomic mass is 35.5. The van der Waals surface area contributed by atoms with Gasteiger partial charge in [0.1, 0.15) is 18.3 Å². The van der Waals surface area contributed by atoms with E-state index in [0.29, 0.717) is 27.0 Å². The van der Waals surface area contributed by atoms with Crippen LogP contribution in [0.3, 0.4) is 0 Å². The molecule has 0 aliphatic carbocycles. The predicted molar refractivity (Wildman–Crippen MR) is 96.1 cm³/mol. The van der Waals surface area contributed by atoms with E-state index in [4.69, 9.17) is 27.9 Å². The molecule has 3 rings (SSSR count). The highest BCUT2D eigenvalue weighted by Gasteiger charge is 2.44. The van der Waals surface area contributed by atoms with E-state index in [2.05, 4.69) is 10.3 Å². The maximum absolute atomic E-state index is 10.4. The number of fused-ring (bicyclic) bond motifs is 1. The molecule has 2 heterocycles. The van der Waals surface area contributed by atoms with Gasteiger partial charge in [0.05, 0.1) is 27.7 Å². The lowest BCUT2D eigenvalue weighted by Crippen LogP contribution is -2.33. The molecule has 1 aliphatic rings. The van der Waals surface area contributed by atoms with Gasteiger partial charge in [-0.15, -0.1) is 0 Å². The topological polar surface area (TPSA) is 99.8 Å². The number of anilines is 1. The molecule has 1 saturated heterocycles. The maximum Gasteiger partial charge on any atom is 0.206 e. The second-order valence-corrected chi connectivity index (χ2v) is 7.06. The zero-order chi connectivity index (χ0) is 18.3. The number of ether oxygens (including phenoxy) is 1. The lowest BCUT2D eigenvalue weighted by atomic mass is 10.1. The first-order chi connectivity index (χ1) is 11.9. The zero-order valence-corrected chi connectivity index (χ0v) is 15.4. The highest BCUT2D eigenvalue weighted by Crippen LogP contribution is 2.37. The minimum Gasteiger partial charge on any atom is -0.394 e. The SMILES string of the molecule is CCC(C)Nc1nc2cc(Cl)c(Cl)cc2n1[C@@H]1O[C@H](CO)[C@@H](O)[C@H]1O. The summed E-state index contributed by atoms with van der Waals surface area (Å²) in [4.78, 5) is 4.53. The fourth-order valence-electron chi connectivity index (χ4n) is 2.87. The Balaban J connectivity index is 2.13. The van der Waals surface area contributed by atoms with Crippen LogP contribution in [-0.2, 0) is 4.74 Å². The Morgan fingerprint density at radius 2 is 1.96 bits per heavy atom. The molecule has 1 unspecified atom stereocenters. The van der Waals surface area contributed by atoms with Gasteiger partial charge in [0, 0.05) is 6.04 Å². The Kier molecular flexibility index (Phi) is 5.43. The molecule has 0 amide bonds. The minimum atomic E-state index is -1.22. The molecule has 1 aromatic carbocycles. The lowest BCUT2D eigenvalue weighted by Gasteiger charge is -2.22. The van der Waals surface area contributed by atoms with Gasteiger partial charge in [-0.1, -0.05) is 30.1 Å². The molecule has 138 valence electrons. The summed E-state index contributed by atoms with van der Waals surface area (Å²) in [7, 11) is 0. The first kappa shape index (κ1) is 18.7. The van der Waals surface area contributed by atoms with E-state index in [1.54, 1.807) is 16.7 Å². The fraction of sp³-hybridized carbons (Fsp3) is 0.562. The third-order valence-electron chi connectivity index (χ3n) is 4.49. The molecule has 25 heavy (non-hydrogen) atoms. The van der Waals surface area contributed by atoms with Crippen LogP contribution in [0.4, 0.5) is 5.95 Å². The lowest BCUT2D eigenvalue weighted by molar-refractivity contribution is -0.0499. The Hall–Kier alpha value is -1.09. The number of nitrogens with one attached hydrogen (secondary N) is 1. The van der Waals surface area contributed by atoms with Crippen molar-refractivity contribution in [2.24, 2.45) is 0 Å². The Morgan fingerprint density at radius 1 is 1.28 bits per heavy atom. The largest absolute Gasteiger partial charge is 0.394 e. The van der Waals surface area contributed by atoms with E-state index in [1.807, 2.05) is 13.8 Å². The van der Waals surface area contributed by atoms with Gasteiger partial charge in [-0.05, 0) is 25.5 Å². The van der Waals surface area contributed by atoms with Crippen molar-refractivity contribution >= 4 is 40.2 Å². The van der Waals surface area contributed by atoms with Gasteiger partial charge in [0.2, 0.25) is 5.95 Å². The van der Waals surface area contributed by atoms with Crippen LogP contribution < -0.4 is 5.32 Å². The highest BCUT2D eigenvalue weighted by molar-refractivity contribution is 6.42. The number of hydrogen-bond donors (Lipinski definition) is 4. The second-order valence-electron chi connectivity index (χ2n) is 6.24. The summed E-state index contributed by atoms with van der Waals surface area (Å²) in [6.07, 6.45) is -3.36. The van der Waals surface area contributed by atoms with Crippen molar-refractivity contribution in [3.8, 4) is 0 Å². The normalized spacial score (nSPS) is 27.8. The number of rotatable bonds is 5. The van der Waals surface area contributed by atoms with Crippen LogP contribution in [0, 0.1) is 0 Å². The van der Waals surface area contributed by atoms with Gasteiger partial charge in [-0.25, -0.2) is 4.98 Å². The molecule has 9 heteroatoms. The standard InChI is InChI=1S/C16H21Cl2N3O4/c1-3-7(2)19-16-20-10-4-8(17)9(18)5-11(10)21(16)15-14(24)13(23)12(6-22)25-15/h4-5,7,12-15,22-24H,3,6H2,1-2H3,(H,19,20)/t7?,12-,13-,14-,15-/m1/s1. The predicted octanol–water partition coefficient (Wildman–Crippen LogP) is 2.17. The van der Waals surface area contributed by atoms with E-state index in [9.17, 15) is 15.3 Å². The summed E-state index contributed by atoms with van der Waals surface area (Å²) in [6, 6.07) is 3.40. The number of aliphatic hydroxyl groups is 3. The van der Waals surface area contributed by atoms with Gasteiger partial charge in [0.25, 0.3) is 0 Å². The summed E-state index contributed by atoms with van der Waals surface area (Å²) in [6.45, 7) is 3.63. The average molecular weight is 390 g/mol. The summed E-state index contributed by atoms with van der Waals surface area (Å²) >= 11 is 12.2. The van der Waals surface area contributed by atoms with E-state index >= 15 is 0 Å². The molecular weight excluding hydrogens is 369 g/mol. The van der Waals surface area contributed by atoms with Crippen molar-refractivity contribution in [1.29, 1.82) is 0 Å². The summed E-state index contributed by atoms with van der Waals surface area (Å²) < 4.78 is 7.32. The first-order valence-electron chi connectivity index (χ1n) is 8.13. The van der Waals surface area contributed by atoms with Gasteiger partial charge < -0.3 is 25.4 Å². The number of halogens is 2. The van der Waals surface area contributed by atoms with Crippen LogP contribution in [-0.4, -0.2) is 55.8 Å². The van der Waals surface area contributed by atoms with Crippen molar-refractivity contribution in [1.82, 2.24) is 9.55 Å². The van der Waals surface area contributed by atoms with Crippen LogP contribution in [0.5, 0.6) is 0 Å². The average Bonchev–Trinajstić information content (AvgIpc) is 3.05. The van der Waals surface area contributed by atoms with Crippen molar-refractivity contribution in [2.45, 2.75) is 50.8 Å². The quantitative estimate of drug-likeness (QED) is 0.625. The molecule has 2 aromatic rings. The van der Waals surface area contributed by atoms with Crippen LogP contribution in [0.25, 0.3) is 11.0 Å². The molecule has 0 saturated carbocycles. The molecule has 7 nitrogen and oxygen atoms in total. The van der Waals surface area contributed by atoms with Crippen LogP contribution >= 0.6 is 23.2 Å². The third kappa shape index (κ3) is 3.32. The Bertz CT molecular complexity index is 769. The van der Waals surface area contributed by atoms with E-state index in [-0.39, 0.29) is 6.04 Å². The number of hydrogen-bond acceptors (Lipinski definition) is 6. The van der Waals surface area contributed by atoms with Crippen LogP contribution in [0.15, 0.2) is 12.1 Å². The first-order valence-corrected chi connectivity index (χ1v) is 8.88. The van der Waals surface area contributed by atoms with Gasteiger partial charge in [0.15, 0.2) is 6.23 Å². The Morgan fingerprint density at radius 3 is 2.56 bits per heavy atom. The minimum absolute atomic E-state index is 0.124. The molecule has 0 bridgehead atoms. The van der Waals surface area contributed by atoms with Crippen molar-refractivity contribution in [3.63, 3.8) is 0 Å². The molecular formula is C16H21Cl2N3O4. The molecule has 0 spiro atoms. The third-order valence-corrected chi connectivity index (χ3v) is 5.21. The molecule has 1 fully saturated rings. The smallest absolute Gasteiger partial charge is 0.206 e. The van der Waals surface area contributed by atoms with Gasteiger partial charge >= 0.3 is 0 Å². The molecule has 4 N–H and O–H groups in total. The van der Waals surface area contributed by atoms with Crippen molar-refractivity contribution in [2.75, 3.05) is 11.9 Å². The second kappa shape index (κ2) is 7.26. The number of aromatic nitrogens is 2. The van der Waals surface area contributed by atoms with Crippen LogP contribution in [0.1, 0.15) is 26.5 Å². The number of aliphatic hydroxyl groups excluding tert-OH is 3. The number of nitrogens with zero attached hydrogens (tertiary/aromatic N) is 2. The van der Waals surface area contributed by atoms with Gasteiger partial charge in [-0.2, -0.15) is 0 Å². The van der Waals surface area contributed by atoms with E-state index < -0.39 is 31.1 Å². The van der Waals surface area contributed by atoms with E-state index in [1.165, 1.54) is 0 Å². The van der Waals surface area contributed by atoms with Crippen molar-refractivity contribution < 1.29 is 20.1 Å². The summed E-state index contributed by atoms with van der Waals surface area (Å²) in [5.41, 5.74) is 1.19. The fourth-order valence-corrected chi connectivity index (χ4v) is 3.18. The van der Waals surface area contributed by atoms with Gasteiger partial charge in [-0.3, -0.25) is 4.57 Å². The Labute approximate surface area is 155 Å². The summed E-state index contributed by atoms with van der Waals surface area (Å²) in [5, 5.41) is 33.8. The maximum atomic E-state index is 10.4. The number of imidazole rings is 1. The summed E-state index contributed by atoms with van der Waals surface area (Å²) in [5.74, 6) is 0.470. The van der Waals surface area contributed by atoms with Crippen LogP contribution in [0.2, 0.25) is 10.0 Å². The molecule has 1 aromatic heterocycles. The molecule has 1 aliphatic heterocycles.